The number of thiophene rings is 1. The molecule has 0 spiro atoms. The van der Waals surface area contributed by atoms with Crippen molar-refractivity contribution in [2.45, 2.75) is 19.9 Å². The molecule has 2 nitrogen and oxygen atoms in total. The molecule has 0 saturated carbocycles. The summed E-state index contributed by atoms with van der Waals surface area (Å²) in [7, 11) is 0. The molecule has 1 aromatic rings. The first-order chi connectivity index (χ1) is 5.88. The first-order valence-electron chi connectivity index (χ1n) is 4.34. The molecule has 3 heteroatoms. The fourth-order valence-electron chi connectivity index (χ4n) is 1.14. The van der Waals surface area contributed by atoms with Gasteiger partial charge in [-0.05, 0) is 23.4 Å². The van der Waals surface area contributed by atoms with Gasteiger partial charge < -0.3 is 11.1 Å². The molecule has 3 N–H and O–H groups in total. The smallest absolute Gasteiger partial charge is 0.0303 e. The zero-order valence-electron chi connectivity index (χ0n) is 7.47. The van der Waals surface area contributed by atoms with Crippen LogP contribution in [0.4, 0.5) is 0 Å². The molecule has 1 rings (SSSR count). The van der Waals surface area contributed by atoms with Crippen LogP contribution >= 0.6 is 11.3 Å². The van der Waals surface area contributed by atoms with Crippen LogP contribution < -0.4 is 11.1 Å². The van der Waals surface area contributed by atoms with Gasteiger partial charge in [-0.2, -0.15) is 0 Å². The van der Waals surface area contributed by atoms with Crippen molar-refractivity contribution in [2.24, 2.45) is 5.73 Å². The Labute approximate surface area is 77.8 Å². The van der Waals surface area contributed by atoms with Crippen molar-refractivity contribution in [3.63, 3.8) is 0 Å². The molecule has 0 radical (unpaired) electrons. The summed E-state index contributed by atoms with van der Waals surface area (Å²) in [5, 5.41) is 5.45. The Morgan fingerprint density at radius 1 is 1.58 bits per heavy atom. The van der Waals surface area contributed by atoms with Crippen LogP contribution in [0.5, 0.6) is 0 Å². The molecule has 1 heterocycles. The van der Waals surface area contributed by atoms with E-state index in [1.54, 1.807) is 0 Å². The van der Waals surface area contributed by atoms with Crippen LogP contribution in [0, 0.1) is 0 Å². The van der Waals surface area contributed by atoms with Crippen molar-refractivity contribution in [2.75, 3.05) is 13.1 Å². The summed E-state index contributed by atoms with van der Waals surface area (Å²) >= 11 is 1.82. The first-order valence-corrected chi connectivity index (χ1v) is 5.22. The number of hydrogen-bond donors (Lipinski definition) is 2. The minimum absolute atomic E-state index is 0.715. The average molecular weight is 184 g/mol. The van der Waals surface area contributed by atoms with E-state index >= 15 is 0 Å². The maximum atomic E-state index is 5.38. The second-order valence-electron chi connectivity index (χ2n) is 2.69. The largest absolute Gasteiger partial charge is 0.329 e. The fourth-order valence-corrected chi connectivity index (χ4v) is 2.09. The SMILES string of the molecule is CCc1ccsc1CNCCN. The van der Waals surface area contributed by atoms with E-state index in [0.29, 0.717) is 6.54 Å². The Morgan fingerprint density at radius 3 is 3.08 bits per heavy atom. The molecule has 0 unspecified atom stereocenters. The number of nitrogens with one attached hydrogen (secondary N) is 1. The van der Waals surface area contributed by atoms with Gasteiger partial charge in [-0.25, -0.2) is 0 Å². The van der Waals surface area contributed by atoms with E-state index in [0.717, 1.165) is 19.5 Å². The number of rotatable bonds is 5. The van der Waals surface area contributed by atoms with Gasteiger partial charge in [0.25, 0.3) is 0 Å². The number of hydrogen-bond acceptors (Lipinski definition) is 3. The van der Waals surface area contributed by atoms with Gasteiger partial charge in [-0.1, -0.05) is 6.92 Å². The first kappa shape index (κ1) is 9.71. The van der Waals surface area contributed by atoms with Crippen molar-refractivity contribution in [3.05, 3.63) is 21.9 Å². The molecule has 12 heavy (non-hydrogen) atoms. The molecule has 68 valence electrons. The number of nitrogens with two attached hydrogens (primary N) is 1. The molecular weight excluding hydrogens is 168 g/mol. The lowest BCUT2D eigenvalue weighted by Gasteiger charge is -2.02. The van der Waals surface area contributed by atoms with Crippen molar-refractivity contribution >= 4 is 11.3 Å². The highest BCUT2D eigenvalue weighted by atomic mass is 32.1. The highest BCUT2D eigenvalue weighted by Crippen LogP contribution is 2.16. The van der Waals surface area contributed by atoms with E-state index in [1.165, 1.54) is 10.4 Å². The molecule has 1 aromatic heterocycles. The van der Waals surface area contributed by atoms with E-state index in [4.69, 9.17) is 5.73 Å². The number of aryl methyl sites for hydroxylation is 1. The van der Waals surface area contributed by atoms with Crippen LogP contribution in [-0.4, -0.2) is 13.1 Å². The van der Waals surface area contributed by atoms with E-state index < -0.39 is 0 Å². The molecule has 0 aromatic carbocycles. The Kier molecular flexibility index (Phi) is 4.29. The van der Waals surface area contributed by atoms with Crippen molar-refractivity contribution in [1.82, 2.24) is 5.32 Å². The second kappa shape index (κ2) is 5.30. The topological polar surface area (TPSA) is 38.0 Å². The minimum Gasteiger partial charge on any atom is -0.329 e. The Morgan fingerprint density at radius 2 is 2.42 bits per heavy atom. The summed E-state index contributed by atoms with van der Waals surface area (Å²) < 4.78 is 0. The predicted molar refractivity (Wildman–Crippen MR) is 54.5 cm³/mol. The summed E-state index contributed by atoms with van der Waals surface area (Å²) in [5.41, 5.74) is 6.84. The summed E-state index contributed by atoms with van der Waals surface area (Å²) in [5.74, 6) is 0. The molecule has 0 fully saturated rings. The third-order valence-electron chi connectivity index (χ3n) is 1.83. The Bertz CT molecular complexity index is 220. The van der Waals surface area contributed by atoms with E-state index in [1.807, 2.05) is 11.3 Å². The van der Waals surface area contributed by atoms with Gasteiger partial charge in [0.2, 0.25) is 0 Å². The zero-order chi connectivity index (χ0) is 8.81. The van der Waals surface area contributed by atoms with Crippen LogP contribution in [0.2, 0.25) is 0 Å². The van der Waals surface area contributed by atoms with E-state index in [-0.39, 0.29) is 0 Å². The monoisotopic (exact) mass is 184 g/mol. The second-order valence-corrected chi connectivity index (χ2v) is 3.69. The average Bonchev–Trinajstić information content (AvgIpc) is 2.52. The van der Waals surface area contributed by atoms with Gasteiger partial charge >= 0.3 is 0 Å². The maximum Gasteiger partial charge on any atom is 0.0303 e. The van der Waals surface area contributed by atoms with E-state index in [2.05, 4.69) is 23.7 Å². The van der Waals surface area contributed by atoms with Gasteiger partial charge in [0, 0.05) is 24.5 Å². The molecule has 0 aliphatic rings. The zero-order valence-corrected chi connectivity index (χ0v) is 8.29. The third-order valence-corrected chi connectivity index (χ3v) is 2.79. The third kappa shape index (κ3) is 2.59. The fraction of sp³-hybridized carbons (Fsp3) is 0.556. The highest BCUT2D eigenvalue weighted by molar-refractivity contribution is 7.10. The quantitative estimate of drug-likeness (QED) is 0.678. The standard InChI is InChI=1S/C9H16N2S/c1-2-8-3-6-12-9(8)7-11-5-4-10/h3,6,11H,2,4-5,7,10H2,1H3. The molecular formula is C9H16N2S. The lowest BCUT2D eigenvalue weighted by atomic mass is 10.2. The summed E-state index contributed by atoms with van der Waals surface area (Å²) in [6, 6.07) is 2.20. The van der Waals surface area contributed by atoms with Gasteiger partial charge in [0.1, 0.15) is 0 Å². The van der Waals surface area contributed by atoms with Crippen LogP contribution in [0.3, 0.4) is 0 Å². The molecule has 0 aliphatic carbocycles. The summed E-state index contributed by atoms with van der Waals surface area (Å²) in [4.78, 5) is 1.45. The molecule has 0 atom stereocenters. The van der Waals surface area contributed by atoms with Gasteiger partial charge in [-0.3, -0.25) is 0 Å². The van der Waals surface area contributed by atoms with Crippen molar-refractivity contribution in [3.8, 4) is 0 Å². The van der Waals surface area contributed by atoms with Crippen LogP contribution in [-0.2, 0) is 13.0 Å². The Balaban J connectivity index is 2.39. The Hall–Kier alpha value is -0.380. The van der Waals surface area contributed by atoms with Crippen LogP contribution in [0.15, 0.2) is 11.4 Å². The van der Waals surface area contributed by atoms with Gasteiger partial charge in [-0.15, -0.1) is 11.3 Å². The van der Waals surface area contributed by atoms with Gasteiger partial charge in [0.05, 0.1) is 0 Å². The molecule has 0 aliphatic heterocycles. The molecule has 0 saturated heterocycles. The summed E-state index contributed by atoms with van der Waals surface area (Å²) in [6.07, 6.45) is 1.13. The van der Waals surface area contributed by atoms with Crippen molar-refractivity contribution < 1.29 is 0 Å². The summed E-state index contributed by atoms with van der Waals surface area (Å²) in [6.45, 7) is 4.78. The van der Waals surface area contributed by atoms with Crippen LogP contribution in [0.1, 0.15) is 17.4 Å². The van der Waals surface area contributed by atoms with Gasteiger partial charge in [0.15, 0.2) is 0 Å². The van der Waals surface area contributed by atoms with E-state index in [9.17, 15) is 0 Å². The minimum atomic E-state index is 0.715. The maximum absolute atomic E-state index is 5.38. The van der Waals surface area contributed by atoms with Crippen molar-refractivity contribution in [1.29, 1.82) is 0 Å². The molecule has 0 bridgehead atoms. The van der Waals surface area contributed by atoms with Crippen LogP contribution in [0.25, 0.3) is 0 Å². The highest BCUT2D eigenvalue weighted by Gasteiger charge is 2.00. The normalized spacial score (nSPS) is 10.5. The lowest BCUT2D eigenvalue weighted by molar-refractivity contribution is 0.698. The lowest BCUT2D eigenvalue weighted by Crippen LogP contribution is -2.21. The predicted octanol–water partition coefficient (Wildman–Crippen LogP) is 1.36. The molecule has 0 amide bonds.